The van der Waals surface area contributed by atoms with Crippen LogP contribution in [0.4, 0.5) is 5.69 Å². The summed E-state index contributed by atoms with van der Waals surface area (Å²) < 4.78 is 7.64. The highest BCUT2D eigenvalue weighted by Crippen LogP contribution is 2.31. The molecule has 1 aromatic heterocycles. The maximum Gasteiger partial charge on any atom is 0.338 e. The minimum Gasteiger partial charge on any atom is -0.463 e. The van der Waals surface area contributed by atoms with E-state index in [0.717, 1.165) is 24.2 Å². The van der Waals surface area contributed by atoms with Gasteiger partial charge in [0.25, 0.3) is 5.56 Å². The number of rotatable bonds is 6. The van der Waals surface area contributed by atoms with Gasteiger partial charge in [-0.15, -0.1) is 0 Å². The summed E-state index contributed by atoms with van der Waals surface area (Å²) in [5.74, 6) is -0.0526. The number of thiazole rings is 1. The summed E-state index contributed by atoms with van der Waals surface area (Å²) in [6.45, 7) is 10.3. The van der Waals surface area contributed by atoms with Crippen LogP contribution in [0.5, 0.6) is 0 Å². The minimum absolute atomic E-state index is 0.153. The molecule has 0 saturated carbocycles. The quantitative estimate of drug-likeness (QED) is 0.453. The van der Waals surface area contributed by atoms with Gasteiger partial charge in [-0.3, -0.25) is 9.36 Å². The van der Waals surface area contributed by atoms with Gasteiger partial charge in [-0.05, 0) is 67.5 Å². The normalized spacial score (nSPS) is 17.8. The number of carbonyl (C=O) groups is 1. The molecule has 0 amide bonds. The molecule has 0 spiro atoms. The molecule has 1 saturated heterocycles. The van der Waals surface area contributed by atoms with Crippen molar-refractivity contribution in [3.63, 3.8) is 0 Å². The number of fused-ring (bicyclic) bond motifs is 1. The van der Waals surface area contributed by atoms with Crippen LogP contribution in [0.1, 0.15) is 69.2 Å². The van der Waals surface area contributed by atoms with Crippen molar-refractivity contribution in [2.24, 2.45) is 4.99 Å². The lowest BCUT2D eigenvalue weighted by atomic mass is 9.93. The molecule has 37 heavy (non-hydrogen) atoms. The van der Waals surface area contributed by atoms with Gasteiger partial charge in [-0.2, -0.15) is 0 Å². The van der Waals surface area contributed by atoms with Crippen LogP contribution in [-0.4, -0.2) is 30.2 Å². The first-order chi connectivity index (χ1) is 17.9. The summed E-state index contributed by atoms with van der Waals surface area (Å²) in [5, 5.41) is 0. The van der Waals surface area contributed by atoms with Gasteiger partial charge in [-0.1, -0.05) is 61.6 Å². The maximum absolute atomic E-state index is 13.8. The average Bonchev–Trinajstić information content (AvgIpc) is 3.53. The van der Waals surface area contributed by atoms with Crippen LogP contribution in [-0.2, 0) is 9.53 Å². The molecular formula is C30H33N3O3S. The highest BCUT2D eigenvalue weighted by atomic mass is 32.1. The average molecular weight is 516 g/mol. The zero-order valence-corrected chi connectivity index (χ0v) is 22.7. The molecule has 192 valence electrons. The Morgan fingerprint density at radius 3 is 2.41 bits per heavy atom. The van der Waals surface area contributed by atoms with Crippen molar-refractivity contribution >= 4 is 29.1 Å². The molecule has 7 heteroatoms. The van der Waals surface area contributed by atoms with Crippen LogP contribution in [0.15, 0.2) is 69.6 Å². The van der Waals surface area contributed by atoms with E-state index in [1.54, 1.807) is 11.5 Å². The number of anilines is 1. The van der Waals surface area contributed by atoms with E-state index in [9.17, 15) is 9.59 Å². The number of carbonyl (C=O) groups excluding carboxylic acids is 1. The van der Waals surface area contributed by atoms with E-state index in [4.69, 9.17) is 4.74 Å². The lowest BCUT2D eigenvalue weighted by molar-refractivity contribution is -0.139. The number of nitrogens with zero attached hydrogens (tertiary/aromatic N) is 3. The molecule has 2 aliphatic heterocycles. The van der Waals surface area contributed by atoms with Crippen LogP contribution in [0.25, 0.3) is 6.08 Å². The highest BCUT2D eigenvalue weighted by molar-refractivity contribution is 7.07. The summed E-state index contributed by atoms with van der Waals surface area (Å²) in [4.78, 5) is 34.5. The molecule has 0 N–H and O–H groups in total. The van der Waals surface area contributed by atoms with E-state index >= 15 is 0 Å². The van der Waals surface area contributed by atoms with Crippen molar-refractivity contribution in [3.8, 4) is 0 Å². The highest BCUT2D eigenvalue weighted by Gasteiger charge is 2.33. The third-order valence-electron chi connectivity index (χ3n) is 7.10. The third kappa shape index (κ3) is 4.92. The minimum atomic E-state index is -0.587. The zero-order valence-electron chi connectivity index (χ0n) is 21.9. The molecule has 1 atom stereocenters. The Hall–Kier alpha value is -3.45. The van der Waals surface area contributed by atoms with E-state index in [2.05, 4.69) is 60.1 Å². The molecule has 0 radical (unpaired) electrons. The summed E-state index contributed by atoms with van der Waals surface area (Å²) in [6.07, 6.45) is 4.38. The van der Waals surface area contributed by atoms with Crippen molar-refractivity contribution in [2.75, 3.05) is 24.6 Å². The first-order valence-corrected chi connectivity index (χ1v) is 13.8. The van der Waals surface area contributed by atoms with Crippen molar-refractivity contribution in [1.29, 1.82) is 0 Å². The SMILES string of the molecule is CCOC(=O)C1=C(C)N=c2sc(=Cc3ccc(N4CCCC4)cc3)c(=O)n2C1c1ccc(C(C)C)cc1. The first-order valence-electron chi connectivity index (χ1n) is 13.0. The lowest BCUT2D eigenvalue weighted by Crippen LogP contribution is -2.39. The number of allylic oxidation sites excluding steroid dienone is 1. The molecule has 0 aliphatic carbocycles. The smallest absolute Gasteiger partial charge is 0.338 e. The van der Waals surface area contributed by atoms with Crippen LogP contribution in [0.3, 0.4) is 0 Å². The van der Waals surface area contributed by atoms with Gasteiger partial charge in [0.1, 0.15) is 0 Å². The summed E-state index contributed by atoms with van der Waals surface area (Å²) >= 11 is 1.36. The Balaban J connectivity index is 1.60. The van der Waals surface area contributed by atoms with Gasteiger partial charge < -0.3 is 9.64 Å². The molecule has 2 aliphatic rings. The van der Waals surface area contributed by atoms with Crippen LogP contribution in [0, 0.1) is 0 Å². The second-order valence-corrected chi connectivity index (χ2v) is 10.9. The Labute approximate surface area is 221 Å². The Bertz CT molecular complexity index is 1510. The van der Waals surface area contributed by atoms with Crippen LogP contribution >= 0.6 is 11.3 Å². The van der Waals surface area contributed by atoms with Crippen molar-refractivity contribution < 1.29 is 9.53 Å². The van der Waals surface area contributed by atoms with E-state index in [-0.39, 0.29) is 12.2 Å². The maximum atomic E-state index is 13.8. The number of aromatic nitrogens is 1. The molecule has 0 bridgehead atoms. The van der Waals surface area contributed by atoms with E-state index in [0.29, 0.717) is 26.5 Å². The molecule has 6 nitrogen and oxygen atoms in total. The Kier molecular flexibility index (Phi) is 7.15. The monoisotopic (exact) mass is 515 g/mol. The Morgan fingerprint density at radius 2 is 1.78 bits per heavy atom. The predicted octanol–water partition coefficient (Wildman–Crippen LogP) is 4.52. The van der Waals surface area contributed by atoms with Gasteiger partial charge >= 0.3 is 5.97 Å². The molecule has 2 aromatic carbocycles. The summed E-state index contributed by atoms with van der Waals surface area (Å²) in [7, 11) is 0. The lowest BCUT2D eigenvalue weighted by Gasteiger charge is -2.25. The van der Waals surface area contributed by atoms with Gasteiger partial charge in [0.2, 0.25) is 0 Å². The second-order valence-electron chi connectivity index (χ2n) is 9.91. The van der Waals surface area contributed by atoms with Gasteiger partial charge in [0.15, 0.2) is 4.80 Å². The zero-order chi connectivity index (χ0) is 26.1. The van der Waals surface area contributed by atoms with E-state index < -0.39 is 12.0 Å². The number of ether oxygens (including phenoxy) is 1. The number of benzene rings is 2. The number of hydrogen-bond acceptors (Lipinski definition) is 6. The van der Waals surface area contributed by atoms with Crippen molar-refractivity contribution in [2.45, 2.75) is 52.5 Å². The van der Waals surface area contributed by atoms with Gasteiger partial charge in [0.05, 0.1) is 28.5 Å². The summed E-state index contributed by atoms with van der Waals surface area (Å²) in [6, 6.07) is 15.9. The Morgan fingerprint density at radius 1 is 1.11 bits per heavy atom. The molecular weight excluding hydrogens is 482 g/mol. The predicted molar refractivity (Wildman–Crippen MR) is 149 cm³/mol. The summed E-state index contributed by atoms with van der Waals surface area (Å²) in [5.41, 5.74) is 5.09. The first kappa shape index (κ1) is 25.2. The van der Waals surface area contributed by atoms with E-state index in [1.807, 2.05) is 25.1 Å². The topological polar surface area (TPSA) is 63.9 Å². The fourth-order valence-corrected chi connectivity index (χ4v) is 6.12. The standard InChI is InChI=1S/C30H33N3O3S/c1-5-36-29(35)26-20(4)31-30-33(27(26)23-12-10-22(11-13-23)19(2)3)28(34)25(37-30)18-21-8-14-24(15-9-21)32-16-6-7-17-32/h8-15,18-19,27H,5-7,16-17H2,1-4H3. The fraction of sp³-hybridized carbons (Fsp3) is 0.367. The fourth-order valence-electron chi connectivity index (χ4n) is 5.08. The van der Waals surface area contributed by atoms with Crippen molar-refractivity contribution in [3.05, 3.63) is 96.2 Å². The number of esters is 1. The van der Waals surface area contributed by atoms with E-state index in [1.165, 1.54) is 35.4 Å². The molecule has 3 aromatic rings. The molecule has 3 heterocycles. The van der Waals surface area contributed by atoms with Crippen LogP contribution in [0.2, 0.25) is 0 Å². The number of hydrogen-bond donors (Lipinski definition) is 0. The third-order valence-corrected chi connectivity index (χ3v) is 8.08. The van der Waals surface area contributed by atoms with Gasteiger partial charge in [0, 0.05) is 18.8 Å². The largest absolute Gasteiger partial charge is 0.463 e. The van der Waals surface area contributed by atoms with Crippen molar-refractivity contribution in [1.82, 2.24) is 4.57 Å². The van der Waals surface area contributed by atoms with Crippen LogP contribution < -0.4 is 19.8 Å². The molecule has 1 unspecified atom stereocenters. The van der Waals surface area contributed by atoms with Gasteiger partial charge in [-0.25, -0.2) is 9.79 Å². The molecule has 1 fully saturated rings. The second kappa shape index (κ2) is 10.5. The molecule has 5 rings (SSSR count).